The molecule has 3 aromatic rings. The lowest BCUT2D eigenvalue weighted by molar-refractivity contribution is 0.0699. The van der Waals surface area contributed by atoms with Crippen molar-refractivity contribution in [1.82, 2.24) is 9.88 Å². The van der Waals surface area contributed by atoms with Crippen molar-refractivity contribution in [2.75, 3.05) is 42.3 Å². The minimum absolute atomic E-state index is 0. The fourth-order valence-corrected chi connectivity index (χ4v) is 5.61. The molecule has 2 N–H and O–H groups in total. The molecule has 0 aliphatic carbocycles. The number of carboxylic acid groups (broad SMARTS) is 1. The third-order valence-electron chi connectivity index (χ3n) is 6.15. The molecular weight excluding hydrogens is 573 g/mol. The number of sulfonamides is 1. The zero-order valence-corrected chi connectivity index (χ0v) is 24.1. The van der Waals surface area contributed by atoms with Gasteiger partial charge >= 0.3 is 5.97 Å². The summed E-state index contributed by atoms with van der Waals surface area (Å²) < 4.78 is 28.6. The molecule has 1 aliphatic rings. The normalized spacial score (nSPS) is 13.4. The average molecular weight is 603 g/mol. The van der Waals surface area contributed by atoms with E-state index in [9.17, 15) is 18.3 Å². The first kappa shape index (κ1) is 33.2. The Morgan fingerprint density at radius 3 is 2.37 bits per heavy atom. The van der Waals surface area contributed by atoms with Gasteiger partial charge < -0.3 is 10.0 Å². The number of benzene rings is 2. The Morgan fingerprint density at radius 1 is 1.05 bits per heavy atom. The van der Waals surface area contributed by atoms with Crippen LogP contribution in [0.2, 0.25) is 0 Å². The van der Waals surface area contributed by atoms with E-state index in [-0.39, 0.29) is 53.4 Å². The van der Waals surface area contributed by atoms with Gasteiger partial charge in [0.2, 0.25) is 0 Å². The van der Waals surface area contributed by atoms with Crippen LogP contribution in [0.4, 0.5) is 11.5 Å². The number of piperazine rings is 1. The summed E-state index contributed by atoms with van der Waals surface area (Å²) in [6.45, 7) is 7.16. The molecule has 4 rings (SSSR count). The number of nitrogens with zero attached hydrogens (tertiary/aromatic N) is 4. The molecule has 0 amide bonds. The number of hydrogen-bond donors (Lipinski definition) is 2. The highest BCUT2D eigenvalue weighted by atomic mass is 35.5. The second-order valence-corrected chi connectivity index (χ2v) is 10.3. The van der Waals surface area contributed by atoms with Crippen molar-refractivity contribution in [3.63, 3.8) is 0 Å². The SMILES string of the molecule is Cc1ccc(C)c(S(=O)(=O)Nc2ccc3nc(N4CCN(CCC#N)CC4)cc(C(=O)O)c3c2)c1.Cl.Cl.Cl. The Balaban J connectivity index is 0.00000241. The van der Waals surface area contributed by atoms with Gasteiger partial charge in [0.05, 0.1) is 22.0 Å². The topological polar surface area (TPSA) is 127 Å². The van der Waals surface area contributed by atoms with E-state index < -0.39 is 16.0 Å². The second-order valence-electron chi connectivity index (χ2n) is 8.68. The van der Waals surface area contributed by atoms with Gasteiger partial charge in [0, 0.05) is 50.2 Å². The van der Waals surface area contributed by atoms with Crippen molar-refractivity contribution >= 4 is 75.6 Å². The fraction of sp³-hybridized carbons (Fsp3) is 0.320. The van der Waals surface area contributed by atoms with Crippen LogP contribution in [-0.4, -0.2) is 62.1 Å². The van der Waals surface area contributed by atoms with Crippen LogP contribution >= 0.6 is 37.2 Å². The van der Waals surface area contributed by atoms with Gasteiger partial charge in [-0.1, -0.05) is 12.1 Å². The molecule has 1 aromatic heterocycles. The number of carbonyl (C=O) groups is 1. The highest BCUT2D eigenvalue weighted by Gasteiger charge is 2.22. The number of fused-ring (bicyclic) bond motifs is 1. The lowest BCUT2D eigenvalue weighted by Gasteiger charge is -2.35. The van der Waals surface area contributed by atoms with Gasteiger partial charge in [0.1, 0.15) is 5.82 Å². The number of pyridine rings is 1. The molecule has 0 atom stereocenters. The number of aromatic nitrogens is 1. The number of aryl methyl sites for hydroxylation is 2. The number of nitrogens with one attached hydrogen (secondary N) is 1. The van der Waals surface area contributed by atoms with E-state index in [0.717, 1.165) is 25.2 Å². The van der Waals surface area contributed by atoms with Crippen molar-refractivity contribution in [3.8, 4) is 6.07 Å². The number of nitriles is 1. The number of hydrogen-bond acceptors (Lipinski definition) is 7. The summed E-state index contributed by atoms with van der Waals surface area (Å²) in [4.78, 5) is 21.2. The molecule has 0 unspecified atom stereocenters. The molecule has 0 spiro atoms. The Labute approximate surface area is 241 Å². The highest BCUT2D eigenvalue weighted by molar-refractivity contribution is 7.92. The van der Waals surface area contributed by atoms with E-state index in [2.05, 4.69) is 20.7 Å². The Morgan fingerprint density at radius 2 is 1.74 bits per heavy atom. The maximum absolute atomic E-state index is 13.0. The lowest BCUT2D eigenvalue weighted by Crippen LogP contribution is -2.46. The van der Waals surface area contributed by atoms with Gasteiger partial charge in [-0.25, -0.2) is 18.2 Å². The Hall–Kier alpha value is -2.81. The van der Waals surface area contributed by atoms with Crippen molar-refractivity contribution < 1.29 is 18.3 Å². The van der Waals surface area contributed by atoms with Gasteiger partial charge in [0.25, 0.3) is 10.0 Å². The van der Waals surface area contributed by atoms with Crippen LogP contribution in [0.25, 0.3) is 10.9 Å². The zero-order chi connectivity index (χ0) is 25.2. The smallest absolute Gasteiger partial charge is 0.336 e. The highest BCUT2D eigenvalue weighted by Crippen LogP contribution is 2.28. The van der Waals surface area contributed by atoms with Crippen molar-refractivity contribution in [2.24, 2.45) is 0 Å². The fourth-order valence-electron chi connectivity index (χ4n) is 4.23. The van der Waals surface area contributed by atoms with E-state index >= 15 is 0 Å². The van der Waals surface area contributed by atoms with Gasteiger partial charge in [-0.05, 0) is 55.3 Å². The van der Waals surface area contributed by atoms with Crippen LogP contribution < -0.4 is 9.62 Å². The summed E-state index contributed by atoms with van der Waals surface area (Å²) in [6.07, 6.45) is 0.479. The van der Waals surface area contributed by atoms with Crippen LogP contribution in [0.15, 0.2) is 47.4 Å². The molecule has 2 heterocycles. The molecule has 13 heteroatoms. The zero-order valence-electron chi connectivity index (χ0n) is 20.9. The van der Waals surface area contributed by atoms with Crippen LogP contribution in [0.3, 0.4) is 0 Å². The summed E-state index contributed by atoms with van der Waals surface area (Å²) in [7, 11) is -3.86. The third-order valence-corrected chi connectivity index (χ3v) is 7.67. The summed E-state index contributed by atoms with van der Waals surface area (Å²) in [6, 6.07) is 13.6. The molecule has 38 heavy (non-hydrogen) atoms. The molecular formula is C25H30Cl3N5O4S. The lowest BCUT2D eigenvalue weighted by atomic mass is 10.1. The second kappa shape index (κ2) is 13.8. The van der Waals surface area contributed by atoms with Crippen molar-refractivity contribution in [3.05, 3.63) is 59.2 Å². The summed E-state index contributed by atoms with van der Waals surface area (Å²) >= 11 is 0. The van der Waals surface area contributed by atoms with Crippen molar-refractivity contribution in [1.29, 1.82) is 5.26 Å². The first-order valence-corrected chi connectivity index (χ1v) is 12.8. The third kappa shape index (κ3) is 7.40. The van der Waals surface area contributed by atoms with Gasteiger partial charge in [0.15, 0.2) is 0 Å². The summed E-state index contributed by atoms with van der Waals surface area (Å²) in [5, 5.41) is 19.0. The monoisotopic (exact) mass is 601 g/mol. The number of rotatable bonds is 7. The van der Waals surface area contributed by atoms with Crippen molar-refractivity contribution in [2.45, 2.75) is 25.2 Å². The molecule has 1 aliphatic heterocycles. The number of carboxylic acids is 1. The first-order valence-electron chi connectivity index (χ1n) is 11.3. The Bertz CT molecular complexity index is 1440. The van der Waals surface area contributed by atoms with Crippen LogP contribution in [0.5, 0.6) is 0 Å². The maximum Gasteiger partial charge on any atom is 0.336 e. The van der Waals surface area contributed by atoms with Crippen LogP contribution in [0, 0.1) is 25.2 Å². The predicted molar refractivity (Wildman–Crippen MR) is 156 cm³/mol. The number of anilines is 2. The predicted octanol–water partition coefficient (Wildman–Crippen LogP) is 4.65. The quantitative estimate of drug-likeness (QED) is 0.400. The minimum atomic E-state index is -3.86. The average Bonchev–Trinajstić information content (AvgIpc) is 2.83. The molecule has 9 nitrogen and oxygen atoms in total. The van der Waals surface area contributed by atoms with E-state index in [4.69, 9.17) is 5.26 Å². The summed E-state index contributed by atoms with van der Waals surface area (Å²) in [5.74, 6) is -0.542. The number of halogens is 3. The number of aromatic carboxylic acids is 1. The molecule has 1 saturated heterocycles. The molecule has 0 bridgehead atoms. The van der Waals surface area contributed by atoms with Crippen LogP contribution in [-0.2, 0) is 10.0 Å². The molecule has 2 aromatic carbocycles. The molecule has 206 valence electrons. The standard InChI is InChI=1S/C25H27N5O4S.3ClH/c1-17-4-5-18(2)23(14-17)35(33,34)28-19-6-7-22-20(15-19)21(25(31)32)16-24(27-22)30-12-10-29(11-13-30)9-3-8-26;;;/h4-7,14-16,28H,3,9-13H2,1-2H3,(H,31,32);3*1H. The minimum Gasteiger partial charge on any atom is -0.478 e. The Kier molecular flexibility index (Phi) is 12.1. The van der Waals surface area contributed by atoms with E-state index in [1.54, 1.807) is 37.3 Å². The molecule has 0 radical (unpaired) electrons. The van der Waals surface area contributed by atoms with Crippen LogP contribution in [0.1, 0.15) is 27.9 Å². The van der Waals surface area contributed by atoms with Gasteiger partial charge in [-0.3, -0.25) is 9.62 Å². The van der Waals surface area contributed by atoms with Gasteiger partial charge in [-0.15, -0.1) is 37.2 Å². The molecule has 1 fully saturated rings. The first-order chi connectivity index (χ1) is 16.7. The van der Waals surface area contributed by atoms with E-state index in [0.29, 0.717) is 41.8 Å². The van der Waals surface area contributed by atoms with Gasteiger partial charge in [-0.2, -0.15) is 5.26 Å². The van der Waals surface area contributed by atoms with E-state index in [1.165, 1.54) is 6.07 Å². The molecule has 0 saturated carbocycles. The largest absolute Gasteiger partial charge is 0.478 e. The maximum atomic E-state index is 13.0. The van der Waals surface area contributed by atoms with E-state index in [1.807, 2.05) is 17.9 Å². The summed E-state index contributed by atoms with van der Waals surface area (Å²) in [5.41, 5.74) is 2.24.